The van der Waals surface area contributed by atoms with Crippen molar-refractivity contribution in [3.8, 4) is 0 Å². The van der Waals surface area contributed by atoms with Crippen LogP contribution in [0.4, 0.5) is 22.7 Å². The predicted octanol–water partition coefficient (Wildman–Crippen LogP) is 13.8. The van der Waals surface area contributed by atoms with Gasteiger partial charge in [-0.05, 0) is 96.3 Å². The first-order valence-electron chi connectivity index (χ1n) is 19.3. The summed E-state index contributed by atoms with van der Waals surface area (Å²) in [5.74, 6) is 1.68. The molecule has 0 spiro atoms. The number of benzene rings is 5. The maximum Gasteiger partial charge on any atom is 1.00 e. The van der Waals surface area contributed by atoms with E-state index in [9.17, 15) is 0 Å². The van der Waals surface area contributed by atoms with Crippen molar-refractivity contribution >= 4 is 50.6 Å². The maximum absolute atomic E-state index is 4.80. The Morgan fingerprint density at radius 2 is 0.774 bits per heavy atom. The van der Waals surface area contributed by atoms with E-state index < -0.39 is 0 Å². The Bertz CT molecular complexity index is 2200. The molecule has 1 aromatic heterocycles. The molecule has 0 amide bonds. The third kappa shape index (κ3) is 7.56. The summed E-state index contributed by atoms with van der Waals surface area (Å²) in [6, 6.07) is 31.1. The normalized spacial score (nSPS) is 12.4. The van der Waals surface area contributed by atoms with Gasteiger partial charge in [0.1, 0.15) is 0 Å². The van der Waals surface area contributed by atoms with Crippen LogP contribution in [0.1, 0.15) is 135 Å². The molecule has 278 valence electrons. The molecule has 1 aliphatic rings. The molecule has 0 N–H and O–H groups in total. The molecule has 1 aliphatic heterocycles. The molecule has 0 fully saturated rings. The van der Waals surface area contributed by atoms with Crippen LogP contribution >= 0.6 is 0 Å². The van der Waals surface area contributed by atoms with Gasteiger partial charge in [0.15, 0.2) is 0 Å². The summed E-state index contributed by atoms with van der Waals surface area (Å²) in [7, 11) is 0. The van der Waals surface area contributed by atoms with Gasteiger partial charge in [0.2, 0.25) is 11.4 Å². The van der Waals surface area contributed by atoms with Crippen LogP contribution in [-0.2, 0) is 22.4 Å². The van der Waals surface area contributed by atoms with Crippen molar-refractivity contribution in [2.45, 2.75) is 121 Å². The van der Waals surface area contributed by atoms with Gasteiger partial charge in [0, 0.05) is 34.4 Å². The Hall–Kier alpha value is -3.98. The molecule has 0 aliphatic carbocycles. The number of fused-ring (bicyclic) bond motifs is 4. The van der Waals surface area contributed by atoms with E-state index in [0.717, 1.165) is 11.0 Å². The first-order valence-corrected chi connectivity index (χ1v) is 19.3. The number of rotatable bonds is 6. The van der Waals surface area contributed by atoms with Gasteiger partial charge in [-0.25, -0.2) is 0 Å². The molecule has 0 bridgehead atoms. The zero-order chi connectivity index (χ0) is 37.8. The second kappa shape index (κ2) is 15.8. The van der Waals surface area contributed by atoms with E-state index in [4.69, 9.17) is 4.98 Å². The summed E-state index contributed by atoms with van der Waals surface area (Å²) in [4.78, 5) is 4.80. The van der Waals surface area contributed by atoms with Gasteiger partial charge in [-0.15, -0.1) is 11.0 Å². The fourth-order valence-corrected chi connectivity index (χ4v) is 7.97. The predicted molar refractivity (Wildman–Crippen MR) is 227 cm³/mol. The van der Waals surface area contributed by atoms with Crippen LogP contribution in [0, 0.1) is 41.5 Å². The quantitative estimate of drug-likeness (QED) is 0.120. The number of hydrogen-bond acceptors (Lipinski definition) is 0. The number of nitrogens with zero attached hydrogens (tertiary/aromatic N) is 3. The molecule has 0 saturated heterocycles. The molecule has 7 rings (SSSR count). The zero-order valence-corrected chi connectivity index (χ0v) is 36.5. The third-order valence-corrected chi connectivity index (χ3v) is 10.8. The Labute approximate surface area is 334 Å². The van der Waals surface area contributed by atoms with Gasteiger partial charge in [-0.1, -0.05) is 138 Å². The van der Waals surface area contributed by atoms with Gasteiger partial charge < -0.3 is 4.98 Å². The minimum Gasteiger partial charge on any atom is -0.656 e. The van der Waals surface area contributed by atoms with Crippen molar-refractivity contribution in [2.75, 3.05) is 0 Å². The molecule has 53 heavy (non-hydrogen) atoms. The van der Waals surface area contributed by atoms with Crippen LogP contribution < -0.4 is 14.1 Å². The van der Waals surface area contributed by atoms with Crippen LogP contribution in [0.5, 0.6) is 0 Å². The van der Waals surface area contributed by atoms with Crippen LogP contribution in [0.15, 0.2) is 72.8 Å². The first kappa shape index (κ1) is 40.2. The standard InChI is InChI=1S/C33H42N2.C16H16N.Au/c1-20(2)26-13-11-14-27(21(3)4)32(26)34-19-35(31-18-25(10)24(9)17-30(31)34)33-28(22(5)6)15-12-16-29(33)23(7)8;1-9-5-11(3)15-13(7-9)14-8-10(2)6-12(4)16(14)17-15;/h11-18,20-23H,1-10H3;5-8H,1-4H3;/q+2;-1;+1. The average molecular weight is 886 g/mol. The summed E-state index contributed by atoms with van der Waals surface area (Å²) in [5, 5.41) is 2.59. The molecule has 4 heteroatoms. The molecule has 5 aromatic carbocycles. The van der Waals surface area contributed by atoms with Crippen molar-refractivity contribution < 1.29 is 22.4 Å². The molecular formula is C49H58AuN3+2. The fourth-order valence-electron chi connectivity index (χ4n) is 7.97. The van der Waals surface area contributed by atoms with Crippen molar-refractivity contribution in [1.82, 2.24) is 14.1 Å². The molecule has 0 saturated carbocycles. The van der Waals surface area contributed by atoms with Gasteiger partial charge >= 0.3 is 28.4 Å². The summed E-state index contributed by atoms with van der Waals surface area (Å²) in [6.07, 6.45) is 0. The van der Waals surface area contributed by atoms with Crippen LogP contribution in [0.25, 0.3) is 21.8 Å². The molecule has 2 heterocycles. The molecule has 6 aromatic rings. The Balaban J connectivity index is 0.000000251. The van der Waals surface area contributed by atoms with E-state index in [1.165, 1.54) is 89.2 Å². The van der Waals surface area contributed by atoms with Crippen molar-refractivity contribution in [3.63, 3.8) is 0 Å². The largest absolute Gasteiger partial charge is 1.00 e. The maximum atomic E-state index is 4.80. The molecular weight excluding hydrogens is 828 g/mol. The zero-order valence-electron chi connectivity index (χ0n) is 34.4. The van der Waals surface area contributed by atoms with Crippen LogP contribution in [0.2, 0.25) is 0 Å². The van der Waals surface area contributed by atoms with E-state index in [1.807, 2.05) is 0 Å². The van der Waals surface area contributed by atoms with Crippen molar-refractivity contribution in [1.29, 1.82) is 0 Å². The molecule has 0 unspecified atom stereocenters. The number of aryl methyl sites for hydroxylation is 6. The summed E-state index contributed by atoms with van der Waals surface area (Å²) >= 11 is 0. The molecule has 0 atom stereocenters. The summed E-state index contributed by atoms with van der Waals surface area (Å²) < 4.78 is 4.71. The Morgan fingerprint density at radius 3 is 1.08 bits per heavy atom. The van der Waals surface area contributed by atoms with Crippen LogP contribution in [-0.4, -0.2) is 6.01 Å². The van der Waals surface area contributed by atoms with E-state index in [2.05, 4.69) is 185 Å². The van der Waals surface area contributed by atoms with Gasteiger partial charge in [0.05, 0.1) is 0 Å². The second-order valence-electron chi connectivity index (χ2n) is 16.5. The van der Waals surface area contributed by atoms with Gasteiger partial charge in [0.25, 0.3) is 11.4 Å². The average Bonchev–Trinajstić information content (AvgIpc) is 3.62. The van der Waals surface area contributed by atoms with E-state index >= 15 is 0 Å². The molecule has 0 radical (unpaired) electrons. The minimum atomic E-state index is 0. The van der Waals surface area contributed by atoms with Crippen LogP contribution in [0.3, 0.4) is 0 Å². The van der Waals surface area contributed by atoms with E-state index in [1.54, 1.807) is 0 Å². The number of para-hydroxylation sites is 2. The van der Waals surface area contributed by atoms with Gasteiger partial charge in [-0.2, -0.15) is 0 Å². The Kier molecular flexibility index (Phi) is 12.0. The van der Waals surface area contributed by atoms with Gasteiger partial charge in [-0.3, -0.25) is 0 Å². The number of hydrogen-bond donors (Lipinski definition) is 0. The summed E-state index contributed by atoms with van der Waals surface area (Å²) in [5.41, 5.74) is 20.6. The third-order valence-electron chi connectivity index (χ3n) is 10.8. The minimum absolute atomic E-state index is 0. The second-order valence-corrected chi connectivity index (χ2v) is 16.5. The SMILES string of the molecule is Cc1cc(C)c2[n-]c3c(C)cc(C)cc3c2c1.Cc1cc2c(cc1C)[N+](c1c(C(C)C)cccc1C(C)C)=C=[N+]2c1c(C(C)C)cccc1C(C)C.[Au+]. The fraction of sp³-hybridized carbons (Fsp3) is 0.367. The summed E-state index contributed by atoms with van der Waals surface area (Å²) in [6.45, 7) is 31.4. The topological polar surface area (TPSA) is 20.1 Å². The molecule has 3 nitrogen and oxygen atoms in total. The smallest absolute Gasteiger partial charge is 0.656 e. The first-order chi connectivity index (χ1) is 24.6. The Morgan fingerprint density at radius 1 is 0.453 bits per heavy atom. The van der Waals surface area contributed by atoms with Crippen molar-refractivity contribution in [3.05, 3.63) is 128 Å². The number of aromatic nitrogens is 1. The monoisotopic (exact) mass is 885 g/mol. The van der Waals surface area contributed by atoms with E-state index in [-0.39, 0.29) is 22.4 Å². The van der Waals surface area contributed by atoms with E-state index in [0.29, 0.717) is 23.7 Å². The van der Waals surface area contributed by atoms with Crippen molar-refractivity contribution in [2.24, 2.45) is 0 Å².